The summed E-state index contributed by atoms with van der Waals surface area (Å²) in [6, 6.07) is 5.08. The van der Waals surface area contributed by atoms with Crippen LogP contribution >= 0.6 is 0 Å². The Balaban J connectivity index is 1.64. The number of nitrogens with one attached hydrogen (secondary N) is 2. The number of fused-ring (bicyclic) bond motifs is 1. The van der Waals surface area contributed by atoms with E-state index in [1.165, 1.54) is 0 Å². The van der Waals surface area contributed by atoms with Crippen LogP contribution in [0.2, 0.25) is 0 Å². The number of benzene rings is 1. The van der Waals surface area contributed by atoms with E-state index in [0.717, 1.165) is 30.5 Å². The molecule has 1 aromatic rings. The van der Waals surface area contributed by atoms with Crippen LogP contribution in [0.5, 0.6) is 0 Å². The lowest BCUT2D eigenvalue weighted by atomic mass is 10.1. The van der Waals surface area contributed by atoms with Crippen LogP contribution < -0.4 is 10.0 Å². The largest absolute Gasteiger partial charge is 0.372 e. The van der Waals surface area contributed by atoms with Crippen LogP contribution in [0.3, 0.4) is 0 Å². The minimum absolute atomic E-state index is 0.143. The van der Waals surface area contributed by atoms with Gasteiger partial charge in [-0.2, -0.15) is 0 Å². The molecule has 0 saturated carbocycles. The molecule has 0 radical (unpaired) electrons. The summed E-state index contributed by atoms with van der Waals surface area (Å²) in [5, 5.41) is 3.07. The van der Waals surface area contributed by atoms with E-state index in [2.05, 4.69) is 10.0 Å². The average Bonchev–Trinajstić information content (AvgIpc) is 3.21. The first kappa shape index (κ1) is 17.3. The first-order valence-electron chi connectivity index (χ1n) is 8.14. The van der Waals surface area contributed by atoms with E-state index in [1.54, 1.807) is 23.1 Å². The summed E-state index contributed by atoms with van der Waals surface area (Å²) in [6.07, 6.45) is 1.90. The maximum Gasteiger partial charge on any atom is 0.241 e. The summed E-state index contributed by atoms with van der Waals surface area (Å²) >= 11 is 0. The van der Waals surface area contributed by atoms with Gasteiger partial charge in [-0.3, -0.25) is 4.79 Å². The Morgan fingerprint density at radius 1 is 1.33 bits per heavy atom. The molecule has 3 rings (SSSR count). The van der Waals surface area contributed by atoms with Crippen LogP contribution in [0.25, 0.3) is 0 Å². The first-order chi connectivity index (χ1) is 11.5. The third-order valence-electron chi connectivity index (χ3n) is 4.55. The molecule has 2 aliphatic rings. The Kier molecular flexibility index (Phi) is 5.19. The van der Waals surface area contributed by atoms with Crippen molar-refractivity contribution >= 4 is 15.9 Å². The molecule has 2 N–H and O–H groups in total. The number of ether oxygens (including phenoxy) is 1. The summed E-state index contributed by atoms with van der Waals surface area (Å²) in [6.45, 7) is 2.14. The van der Waals surface area contributed by atoms with E-state index in [-0.39, 0.29) is 23.4 Å². The van der Waals surface area contributed by atoms with Gasteiger partial charge in [0.15, 0.2) is 0 Å². The Morgan fingerprint density at radius 3 is 2.92 bits per heavy atom. The second-order valence-corrected chi connectivity index (χ2v) is 7.96. The molecule has 0 aromatic heterocycles. The number of nitrogens with zero attached hydrogens (tertiary/aromatic N) is 1. The topological polar surface area (TPSA) is 87.7 Å². The third kappa shape index (κ3) is 3.61. The zero-order valence-electron chi connectivity index (χ0n) is 13.7. The molecule has 8 heteroatoms. The number of amides is 1. The lowest BCUT2D eigenvalue weighted by Gasteiger charge is -2.24. The van der Waals surface area contributed by atoms with Crippen molar-refractivity contribution in [2.24, 2.45) is 0 Å². The van der Waals surface area contributed by atoms with Crippen molar-refractivity contribution < 1.29 is 17.9 Å². The molecule has 24 heavy (non-hydrogen) atoms. The summed E-state index contributed by atoms with van der Waals surface area (Å²) in [4.78, 5) is 14.3. The van der Waals surface area contributed by atoms with Gasteiger partial charge in [0.2, 0.25) is 15.9 Å². The summed E-state index contributed by atoms with van der Waals surface area (Å²) in [5.74, 6) is -0.180. The quantitative estimate of drug-likeness (QED) is 0.763. The number of likely N-dealkylation sites (N-methyl/N-ethyl adjacent to an activating group) is 1. The molecule has 1 amide bonds. The molecule has 2 heterocycles. The Morgan fingerprint density at radius 2 is 2.12 bits per heavy atom. The maximum absolute atomic E-state index is 12.4. The standard InChI is InChI=1S/C16H23N3O4S/c1-17-8-14-3-2-6-19(14)16(20)9-18-24(21,22)15-5-4-12-10-23-11-13(12)7-15/h4-5,7,14,17-18H,2-3,6,8-11H2,1H3. The number of likely N-dealkylation sites (tertiary alicyclic amines) is 1. The van der Waals surface area contributed by atoms with Gasteiger partial charge in [0.1, 0.15) is 0 Å². The van der Waals surface area contributed by atoms with Gasteiger partial charge in [-0.15, -0.1) is 0 Å². The highest BCUT2D eigenvalue weighted by atomic mass is 32.2. The molecule has 0 bridgehead atoms. The maximum atomic E-state index is 12.4. The van der Waals surface area contributed by atoms with Gasteiger partial charge in [0, 0.05) is 19.1 Å². The zero-order valence-corrected chi connectivity index (χ0v) is 14.6. The molecule has 1 fully saturated rings. The van der Waals surface area contributed by atoms with E-state index < -0.39 is 10.0 Å². The van der Waals surface area contributed by atoms with Gasteiger partial charge < -0.3 is 15.0 Å². The second-order valence-electron chi connectivity index (χ2n) is 6.19. The van der Waals surface area contributed by atoms with Gasteiger partial charge in [-0.25, -0.2) is 13.1 Å². The molecule has 1 aromatic carbocycles. The summed E-state index contributed by atoms with van der Waals surface area (Å²) in [5.41, 5.74) is 1.90. The minimum atomic E-state index is -3.70. The second kappa shape index (κ2) is 7.18. The SMILES string of the molecule is CNCC1CCCN1C(=O)CNS(=O)(=O)c1ccc2c(c1)COC2. The Bertz CT molecular complexity index is 720. The first-order valence-corrected chi connectivity index (χ1v) is 9.63. The normalized spacial score (nSPS) is 20.4. The molecule has 1 unspecified atom stereocenters. The molecular weight excluding hydrogens is 330 g/mol. The Labute approximate surface area is 142 Å². The lowest BCUT2D eigenvalue weighted by molar-refractivity contribution is -0.130. The number of hydrogen-bond acceptors (Lipinski definition) is 5. The van der Waals surface area contributed by atoms with Crippen LogP contribution in [0.4, 0.5) is 0 Å². The molecule has 7 nitrogen and oxygen atoms in total. The fraction of sp³-hybridized carbons (Fsp3) is 0.562. The Hall–Kier alpha value is -1.48. The van der Waals surface area contributed by atoms with Crippen molar-refractivity contribution in [3.63, 3.8) is 0 Å². The average molecular weight is 353 g/mol. The van der Waals surface area contributed by atoms with Gasteiger partial charge in [-0.1, -0.05) is 6.07 Å². The van der Waals surface area contributed by atoms with Crippen molar-refractivity contribution in [2.45, 2.75) is 37.0 Å². The number of carbonyl (C=O) groups is 1. The summed E-state index contributed by atoms with van der Waals surface area (Å²) in [7, 11) is -1.86. The van der Waals surface area contributed by atoms with Gasteiger partial charge in [0.05, 0.1) is 24.7 Å². The van der Waals surface area contributed by atoms with Crippen molar-refractivity contribution in [1.82, 2.24) is 14.9 Å². The van der Waals surface area contributed by atoms with Gasteiger partial charge >= 0.3 is 0 Å². The highest BCUT2D eigenvalue weighted by Gasteiger charge is 2.29. The van der Waals surface area contributed by atoms with Crippen LogP contribution in [0, 0.1) is 0 Å². The van der Waals surface area contributed by atoms with E-state index in [9.17, 15) is 13.2 Å². The number of sulfonamides is 1. The lowest BCUT2D eigenvalue weighted by Crippen LogP contribution is -2.45. The van der Waals surface area contributed by atoms with E-state index in [0.29, 0.717) is 19.8 Å². The smallest absolute Gasteiger partial charge is 0.241 e. The monoisotopic (exact) mass is 353 g/mol. The van der Waals surface area contributed by atoms with E-state index in [1.807, 2.05) is 7.05 Å². The predicted molar refractivity (Wildman–Crippen MR) is 88.8 cm³/mol. The van der Waals surface area contributed by atoms with Crippen molar-refractivity contribution in [1.29, 1.82) is 0 Å². The molecule has 0 aliphatic carbocycles. The molecule has 132 valence electrons. The highest BCUT2D eigenvalue weighted by molar-refractivity contribution is 7.89. The third-order valence-corrected chi connectivity index (χ3v) is 5.95. The van der Waals surface area contributed by atoms with Crippen LogP contribution in [-0.2, 0) is 32.8 Å². The predicted octanol–water partition coefficient (Wildman–Crippen LogP) is 0.206. The van der Waals surface area contributed by atoms with E-state index in [4.69, 9.17) is 4.74 Å². The zero-order chi connectivity index (χ0) is 17.2. The summed E-state index contributed by atoms with van der Waals surface area (Å²) < 4.78 is 32.6. The molecular formula is C16H23N3O4S. The van der Waals surface area contributed by atoms with E-state index >= 15 is 0 Å². The molecule has 1 saturated heterocycles. The minimum Gasteiger partial charge on any atom is -0.372 e. The highest BCUT2D eigenvalue weighted by Crippen LogP contribution is 2.23. The van der Waals surface area contributed by atoms with Crippen molar-refractivity contribution in [3.05, 3.63) is 29.3 Å². The molecule has 1 atom stereocenters. The van der Waals surface area contributed by atoms with Crippen LogP contribution in [0.1, 0.15) is 24.0 Å². The van der Waals surface area contributed by atoms with Gasteiger partial charge in [0.25, 0.3) is 0 Å². The fourth-order valence-electron chi connectivity index (χ4n) is 3.27. The van der Waals surface area contributed by atoms with Crippen LogP contribution in [-0.4, -0.2) is 51.9 Å². The van der Waals surface area contributed by atoms with Crippen LogP contribution in [0.15, 0.2) is 23.1 Å². The van der Waals surface area contributed by atoms with Crippen molar-refractivity contribution in [3.8, 4) is 0 Å². The van der Waals surface area contributed by atoms with Crippen molar-refractivity contribution in [2.75, 3.05) is 26.7 Å². The molecule has 2 aliphatic heterocycles. The fourth-order valence-corrected chi connectivity index (χ4v) is 4.29. The number of carbonyl (C=O) groups excluding carboxylic acids is 1. The number of hydrogen-bond donors (Lipinski definition) is 2. The molecule has 0 spiro atoms. The number of rotatable bonds is 6. The van der Waals surface area contributed by atoms with Gasteiger partial charge in [-0.05, 0) is 43.1 Å².